The van der Waals surface area contributed by atoms with Gasteiger partial charge in [0.1, 0.15) is 5.15 Å². The maximum atomic E-state index is 12.5. The molecule has 1 unspecified atom stereocenters. The van der Waals surface area contributed by atoms with Crippen LogP contribution in [0, 0.1) is 6.92 Å². The first-order valence-electron chi connectivity index (χ1n) is 6.86. The van der Waals surface area contributed by atoms with E-state index in [9.17, 15) is 4.79 Å². The van der Waals surface area contributed by atoms with Crippen LogP contribution in [-0.2, 0) is 11.3 Å². The fourth-order valence-corrected chi connectivity index (χ4v) is 2.69. The molecule has 1 aliphatic rings. The molecule has 2 aromatic rings. The quantitative estimate of drug-likeness (QED) is 0.839. The second-order valence-corrected chi connectivity index (χ2v) is 5.56. The zero-order valence-electron chi connectivity index (χ0n) is 11.7. The van der Waals surface area contributed by atoms with Crippen molar-refractivity contribution in [2.75, 3.05) is 11.9 Å². The second-order valence-electron chi connectivity index (χ2n) is 5.20. The molecule has 3 rings (SSSR count). The molecule has 0 spiro atoms. The molecule has 1 aliphatic heterocycles. The standard InChI is InChI=1S/C16H16ClN3O/c1-10-6-12(8-19-15(10)17)20-16(21)14-9-18-7-11-4-2-3-5-13(11)14/h2-6,8,14,18H,7,9H2,1H3,(H,20,21). The summed E-state index contributed by atoms with van der Waals surface area (Å²) in [4.78, 5) is 16.6. The smallest absolute Gasteiger partial charge is 0.233 e. The van der Waals surface area contributed by atoms with E-state index in [1.54, 1.807) is 6.20 Å². The molecule has 0 aliphatic carbocycles. The summed E-state index contributed by atoms with van der Waals surface area (Å²) >= 11 is 5.90. The van der Waals surface area contributed by atoms with E-state index in [0.717, 1.165) is 17.7 Å². The molecule has 0 radical (unpaired) electrons. The first-order chi connectivity index (χ1) is 10.1. The molecule has 0 saturated heterocycles. The Morgan fingerprint density at radius 3 is 3.05 bits per heavy atom. The summed E-state index contributed by atoms with van der Waals surface area (Å²) in [6, 6.07) is 9.86. The Bertz CT molecular complexity index is 687. The maximum Gasteiger partial charge on any atom is 0.233 e. The van der Waals surface area contributed by atoms with E-state index in [1.165, 1.54) is 5.56 Å². The van der Waals surface area contributed by atoms with E-state index in [4.69, 9.17) is 11.6 Å². The topological polar surface area (TPSA) is 54.0 Å². The van der Waals surface area contributed by atoms with Crippen LogP contribution in [0.25, 0.3) is 0 Å². The number of nitrogens with zero attached hydrogens (tertiary/aromatic N) is 1. The average molecular weight is 302 g/mol. The van der Waals surface area contributed by atoms with Crippen molar-refractivity contribution in [1.82, 2.24) is 10.3 Å². The molecule has 4 nitrogen and oxygen atoms in total. The number of rotatable bonds is 2. The number of benzene rings is 1. The number of aromatic nitrogens is 1. The summed E-state index contributed by atoms with van der Waals surface area (Å²) in [6.45, 7) is 3.31. The Morgan fingerprint density at radius 2 is 2.24 bits per heavy atom. The molecule has 5 heteroatoms. The van der Waals surface area contributed by atoms with Crippen LogP contribution >= 0.6 is 11.6 Å². The zero-order valence-corrected chi connectivity index (χ0v) is 12.4. The number of fused-ring (bicyclic) bond motifs is 1. The number of pyridine rings is 1. The molecule has 1 amide bonds. The van der Waals surface area contributed by atoms with E-state index in [-0.39, 0.29) is 11.8 Å². The molecule has 0 fully saturated rings. The Balaban J connectivity index is 1.81. The van der Waals surface area contributed by atoms with E-state index in [1.807, 2.05) is 31.2 Å². The third kappa shape index (κ3) is 2.91. The highest BCUT2D eigenvalue weighted by Gasteiger charge is 2.26. The average Bonchev–Trinajstić information content (AvgIpc) is 2.50. The van der Waals surface area contributed by atoms with E-state index >= 15 is 0 Å². The number of carbonyl (C=O) groups is 1. The minimum absolute atomic E-state index is 0.0295. The Hall–Kier alpha value is -1.91. The number of nitrogens with one attached hydrogen (secondary N) is 2. The lowest BCUT2D eigenvalue weighted by molar-refractivity contribution is -0.117. The molecule has 1 aromatic carbocycles. The normalized spacial score (nSPS) is 17.1. The summed E-state index contributed by atoms with van der Waals surface area (Å²) in [7, 11) is 0. The van der Waals surface area contributed by atoms with Crippen LogP contribution < -0.4 is 10.6 Å². The molecular weight excluding hydrogens is 286 g/mol. The summed E-state index contributed by atoms with van der Waals surface area (Å²) in [6.07, 6.45) is 1.58. The number of amides is 1. The van der Waals surface area contributed by atoms with Gasteiger partial charge in [0.25, 0.3) is 0 Å². The Labute approximate surface area is 128 Å². The predicted octanol–water partition coefficient (Wildman–Crippen LogP) is 2.87. The van der Waals surface area contributed by atoms with Gasteiger partial charge in [0.05, 0.1) is 17.8 Å². The largest absolute Gasteiger partial charge is 0.324 e. The van der Waals surface area contributed by atoms with Crippen molar-refractivity contribution in [1.29, 1.82) is 0 Å². The van der Waals surface area contributed by atoms with Crippen LogP contribution in [0.3, 0.4) is 0 Å². The van der Waals surface area contributed by atoms with Gasteiger partial charge in [0.15, 0.2) is 0 Å². The number of anilines is 1. The summed E-state index contributed by atoms with van der Waals surface area (Å²) in [5, 5.41) is 6.66. The summed E-state index contributed by atoms with van der Waals surface area (Å²) in [5.41, 5.74) is 3.78. The van der Waals surface area contributed by atoms with E-state index in [0.29, 0.717) is 17.4 Å². The molecule has 21 heavy (non-hydrogen) atoms. The van der Waals surface area contributed by atoms with Crippen molar-refractivity contribution >= 4 is 23.2 Å². The van der Waals surface area contributed by atoms with Gasteiger partial charge in [0.2, 0.25) is 5.91 Å². The van der Waals surface area contributed by atoms with Crippen LogP contribution in [0.1, 0.15) is 22.6 Å². The molecule has 1 aromatic heterocycles. The van der Waals surface area contributed by atoms with Crippen LogP contribution in [-0.4, -0.2) is 17.4 Å². The van der Waals surface area contributed by atoms with E-state index in [2.05, 4.69) is 21.7 Å². The Morgan fingerprint density at radius 1 is 1.43 bits per heavy atom. The van der Waals surface area contributed by atoms with Crippen LogP contribution in [0.5, 0.6) is 0 Å². The highest BCUT2D eigenvalue weighted by Crippen LogP contribution is 2.25. The van der Waals surface area contributed by atoms with Gasteiger partial charge >= 0.3 is 0 Å². The van der Waals surface area contributed by atoms with Gasteiger partial charge in [0, 0.05) is 13.1 Å². The fourth-order valence-electron chi connectivity index (χ4n) is 2.59. The van der Waals surface area contributed by atoms with Crippen molar-refractivity contribution in [3.8, 4) is 0 Å². The molecule has 2 N–H and O–H groups in total. The SMILES string of the molecule is Cc1cc(NC(=O)C2CNCc3ccccc32)cnc1Cl. The Kier molecular flexibility index (Phi) is 3.90. The van der Waals surface area contributed by atoms with Crippen molar-refractivity contribution in [2.45, 2.75) is 19.4 Å². The third-order valence-corrected chi connectivity index (χ3v) is 4.09. The molecule has 0 bridgehead atoms. The molecule has 0 saturated carbocycles. The lowest BCUT2D eigenvalue weighted by atomic mass is 9.90. The number of hydrogen-bond acceptors (Lipinski definition) is 3. The number of carbonyl (C=O) groups excluding carboxylic acids is 1. The first-order valence-corrected chi connectivity index (χ1v) is 7.24. The maximum absolute atomic E-state index is 12.5. The van der Waals surface area contributed by atoms with Gasteiger partial charge < -0.3 is 10.6 Å². The second kappa shape index (κ2) is 5.84. The monoisotopic (exact) mass is 301 g/mol. The number of hydrogen-bond donors (Lipinski definition) is 2. The molecule has 1 atom stereocenters. The zero-order chi connectivity index (χ0) is 14.8. The molecular formula is C16H16ClN3O. The minimum atomic E-state index is -0.189. The predicted molar refractivity (Wildman–Crippen MR) is 83.5 cm³/mol. The van der Waals surface area contributed by atoms with Crippen molar-refractivity contribution in [2.24, 2.45) is 0 Å². The number of halogens is 1. The summed E-state index contributed by atoms with van der Waals surface area (Å²) in [5.74, 6) is -0.218. The van der Waals surface area contributed by atoms with Gasteiger partial charge in [-0.25, -0.2) is 4.98 Å². The van der Waals surface area contributed by atoms with Gasteiger partial charge in [-0.05, 0) is 29.7 Å². The van der Waals surface area contributed by atoms with Gasteiger partial charge in [-0.15, -0.1) is 0 Å². The van der Waals surface area contributed by atoms with Crippen LogP contribution in [0.4, 0.5) is 5.69 Å². The first kappa shape index (κ1) is 14.0. The number of aryl methyl sites for hydroxylation is 1. The highest BCUT2D eigenvalue weighted by atomic mass is 35.5. The molecule has 2 heterocycles. The van der Waals surface area contributed by atoms with Crippen molar-refractivity contribution < 1.29 is 4.79 Å². The highest BCUT2D eigenvalue weighted by molar-refractivity contribution is 6.30. The van der Waals surface area contributed by atoms with Crippen molar-refractivity contribution in [3.05, 3.63) is 58.4 Å². The molecule has 108 valence electrons. The summed E-state index contributed by atoms with van der Waals surface area (Å²) < 4.78 is 0. The van der Waals surface area contributed by atoms with Crippen molar-refractivity contribution in [3.63, 3.8) is 0 Å². The van der Waals surface area contributed by atoms with Crippen LogP contribution in [0.2, 0.25) is 5.15 Å². The van der Waals surface area contributed by atoms with E-state index < -0.39 is 0 Å². The van der Waals surface area contributed by atoms with Gasteiger partial charge in [-0.2, -0.15) is 0 Å². The fraction of sp³-hybridized carbons (Fsp3) is 0.250. The lowest BCUT2D eigenvalue weighted by Gasteiger charge is -2.25. The van der Waals surface area contributed by atoms with Crippen LogP contribution in [0.15, 0.2) is 36.5 Å². The lowest BCUT2D eigenvalue weighted by Crippen LogP contribution is -2.35. The van der Waals surface area contributed by atoms with Gasteiger partial charge in [-0.1, -0.05) is 35.9 Å². The minimum Gasteiger partial charge on any atom is -0.324 e. The van der Waals surface area contributed by atoms with Gasteiger partial charge in [-0.3, -0.25) is 4.79 Å². The third-order valence-electron chi connectivity index (χ3n) is 3.69.